The summed E-state index contributed by atoms with van der Waals surface area (Å²) < 4.78 is 5.11. The number of carbonyl (C=O) groups excluding carboxylic acids is 1. The Balaban J connectivity index is 1.88. The Bertz CT molecular complexity index is 444. The van der Waals surface area contributed by atoms with Crippen molar-refractivity contribution in [2.45, 2.75) is 32.2 Å². The molecular formula is C16H23NO3. The molecule has 1 aromatic carbocycles. The number of nitrogens with zero attached hydrogens (tertiary/aromatic N) is 1. The molecule has 1 heterocycles. The van der Waals surface area contributed by atoms with Crippen molar-refractivity contribution in [3.63, 3.8) is 0 Å². The Labute approximate surface area is 120 Å². The zero-order chi connectivity index (χ0) is 14.5. The van der Waals surface area contributed by atoms with Gasteiger partial charge in [-0.15, -0.1) is 0 Å². The van der Waals surface area contributed by atoms with E-state index in [-0.39, 0.29) is 18.6 Å². The number of ether oxygens (including phenoxy) is 1. The largest absolute Gasteiger partial charge is 0.497 e. The van der Waals surface area contributed by atoms with E-state index in [2.05, 4.69) is 6.92 Å². The van der Waals surface area contributed by atoms with Gasteiger partial charge in [0.05, 0.1) is 19.8 Å². The second kappa shape index (κ2) is 6.75. The number of likely N-dealkylation sites (tertiary alicyclic amines) is 1. The van der Waals surface area contributed by atoms with Crippen molar-refractivity contribution in [1.82, 2.24) is 4.90 Å². The Morgan fingerprint density at radius 2 is 2.10 bits per heavy atom. The zero-order valence-corrected chi connectivity index (χ0v) is 12.2. The Hall–Kier alpha value is -1.55. The minimum absolute atomic E-state index is 0.00151. The van der Waals surface area contributed by atoms with Crippen LogP contribution in [0.3, 0.4) is 0 Å². The van der Waals surface area contributed by atoms with E-state index in [4.69, 9.17) is 4.74 Å². The molecule has 0 bridgehead atoms. The van der Waals surface area contributed by atoms with E-state index in [0.29, 0.717) is 12.3 Å². The second-order valence-corrected chi connectivity index (χ2v) is 5.45. The van der Waals surface area contributed by atoms with Crippen LogP contribution in [0.1, 0.15) is 25.3 Å². The minimum Gasteiger partial charge on any atom is -0.497 e. The van der Waals surface area contributed by atoms with Crippen LogP contribution in [-0.2, 0) is 11.2 Å². The summed E-state index contributed by atoms with van der Waals surface area (Å²) in [5.74, 6) is 1.36. The molecule has 1 aliphatic heterocycles. The second-order valence-electron chi connectivity index (χ2n) is 5.45. The highest BCUT2D eigenvalue weighted by Gasteiger charge is 2.33. The topological polar surface area (TPSA) is 49.8 Å². The van der Waals surface area contributed by atoms with Crippen molar-refractivity contribution < 1.29 is 14.6 Å². The van der Waals surface area contributed by atoms with Crippen molar-refractivity contribution >= 4 is 5.91 Å². The van der Waals surface area contributed by atoms with Crippen molar-refractivity contribution in [2.75, 3.05) is 20.3 Å². The number of carbonyl (C=O) groups is 1. The number of hydrogen-bond donors (Lipinski definition) is 1. The van der Waals surface area contributed by atoms with Crippen LogP contribution in [0.25, 0.3) is 0 Å². The van der Waals surface area contributed by atoms with Gasteiger partial charge in [0.2, 0.25) is 5.91 Å². The molecule has 2 unspecified atom stereocenters. The van der Waals surface area contributed by atoms with Crippen molar-refractivity contribution in [3.8, 4) is 5.75 Å². The first-order chi connectivity index (χ1) is 9.65. The summed E-state index contributed by atoms with van der Waals surface area (Å²) >= 11 is 0. The number of aliphatic hydroxyl groups excluding tert-OH is 1. The summed E-state index contributed by atoms with van der Waals surface area (Å²) in [6.07, 6.45) is 2.21. The molecule has 0 aromatic heterocycles. The van der Waals surface area contributed by atoms with Crippen LogP contribution in [-0.4, -0.2) is 42.2 Å². The molecule has 0 aliphatic carbocycles. The lowest BCUT2D eigenvalue weighted by molar-refractivity contribution is -0.133. The number of aryl methyl sites for hydroxylation is 1. The summed E-state index contributed by atoms with van der Waals surface area (Å²) in [4.78, 5) is 14.1. The lowest BCUT2D eigenvalue weighted by atomic mass is 10.0. The highest BCUT2D eigenvalue weighted by Crippen LogP contribution is 2.24. The first-order valence-corrected chi connectivity index (χ1v) is 7.19. The smallest absolute Gasteiger partial charge is 0.223 e. The van der Waals surface area contributed by atoms with Crippen molar-refractivity contribution in [1.29, 1.82) is 0 Å². The van der Waals surface area contributed by atoms with Gasteiger partial charge in [-0.05, 0) is 36.5 Å². The molecule has 2 rings (SSSR count). The Morgan fingerprint density at radius 3 is 2.70 bits per heavy atom. The number of rotatable bonds is 5. The molecule has 0 radical (unpaired) electrons. The maximum atomic E-state index is 12.2. The average Bonchev–Trinajstić information content (AvgIpc) is 2.86. The summed E-state index contributed by atoms with van der Waals surface area (Å²) in [7, 11) is 1.64. The molecule has 1 amide bonds. The van der Waals surface area contributed by atoms with E-state index < -0.39 is 0 Å². The Morgan fingerprint density at radius 1 is 1.40 bits per heavy atom. The van der Waals surface area contributed by atoms with Crippen LogP contribution < -0.4 is 4.74 Å². The number of hydrogen-bond acceptors (Lipinski definition) is 3. The number of methoxy groups -OCH3 is 1. The van der Waals surface area contributed by atoms with E-state index in [1.807, 2.05) is 29.2 Å². The molecule has 1 N–H and O–H groups in total. The standard InChI is InChI=1S/C16H23NO3/c1-12-9-10-17(15(12)11-18)16(19)8-5-13-3-6-14(20-2)7-4-13/h3-4,6-7,12,15,18H,5,8-11H2,1-2H3. The van der Waals surface area contributed by atoms with Gasteiger partial charge in [0.15, 0.2) is 0 Å². The van der Waals surface area contributed by atoms with Crippen LogP contribution >= 0.6 is 0 Å². The van der Waals surface area contributed by atoms with Crippen LogP contribution in [0.4, 0.5) is 0 Å². The van der Waals surface area contributed by atoms with Gasteiger partial charge in [-0.1, -0.05) is 19.1 Å². The summed E-state index contributed by atoms with van der Waals surface area (Å²) in [6, 6.07) is 7.80. The van der Waals surface area contributed by atoms with E-state index >= 15 is 0 Å². The summed E-state index contributed by atoms with van der Waals surface area (Å²) in [5.41, 5.74) is 1.13. The van der Waals surface area contributed by atoms with E-state index in [9.17, 15) is 9.90 Å². The fraction of sp³-hybridized carbons (Fsp3) is 0.562. The first kappa shape index (κ1) is 14.9. The molecule has 0 saturated carbocycles. The molecule has 1 aliphatic rings. The van der Waals surface area contributed by atoms with Crippen LogP contribution in [0.15, 0.2) is 24.3 Å². The first-order valence-electron chi connectivity index (χ1n) is 7.19. The summed E-state index contributed by atoms with van der Waals surface area (Å²) in [6.45, 7) is 2.93. The third kappa shape index (κ3) is 3.31. The fourth-order valence-electron chi connectivity index (χ4n) is 2.78. The molecule has 0 spiro atoms. The van der Waals surface area contributed by atoms with Gasteiger partial charge in [-0.25, -0.2) is 0 Å². The van der Waals surface area contributed by atoms with Crippen molar-refractivity contribution in [3.05, 3.63) is 29.8 Å². The highest BCUT2D eigenvalue weighted by molar-refractivity contribution is 5.77. The van der Waals surface area contributed by atoms with Crippen molar-refractivity contribution in [2.24, 2.45) is 5.92 Å². The zero-order valence-electron chi connectivity index (χ0n) is 12.2. The number of benzene rings is 1. The monoisotopic (exact) mass is 277 g/mol. The van der Waals surface area contributed by atoms with E-state index in [1.165, 1.54) is 0 Å². The van der Waals surface area contributed by atoms with Gasteiger partial charge in [0, 0.05) is 13.0 Å². The predicted molar refractivity (Wildman–Crippen MR) is 77.7 cm³/mol. The molecular weight excluding hydrogens is 254 g/mol. The van der Waals surface area contributed by atoms with E-state index in [1.54, 1.807) is 7.11 Å². The molecule has 2 atom stereocenters. The van der Waals surface area contributed by atoms with Gasteiger partial charge in [-0.2, -0.15) is 0 Å². The van der Waals surface area contributed by atoms with Gasteiger partial charge < -0.3 is 14.7 Å². The van der Waals surface area contributed by atoms with Crippen LogP contribution in [0.5, 0.6) is 5.75 Å². The predicted octanol–water partition coefficient (Wildman–Crippen LogP) is 1.86. The summed E-state index contributed by atoms with van der Waals surface area (Å²) in [5, 5.41) is 9.39. The average molecular weight is 277 g/mol. The Kier molecular flexibility index (Phi) is 5.01. The minimum atomic E-state index is -0.00151. The molecule has 20 heavy (non-hydrogen) atoms. The van der Waals surface area contributed by atoms with Gasteiger partial charge in [0.25, 0.3) is 0 Å². The normalized spacial score (nSPS) is 22.1. The molecule has 4 nitrogen and oxygen atoms in total. The maximum absolute atomic E-state index is 12.2. The van der Waals surface area contributed by atoms with Crippen LogP contribution in [0, 0.1) is 5.92 Å². The molecule has 1 aromatic rings. The number of amides is 1. The quantitative estimate of drug-likeness (QED) is 0.893. The highest BCUT2D eigenvalue weighted by atomic mass is 16.5. The fourth-order valence-corrected chi connectivity index (χ4v) is 2.78. The van der Waals surface area contributed by atoms with E-state index in [0.717, 1.165) is 30.7 Å². The van der Waals surface area contributed by atoms with Gasteiger partial charge >= 0.3 is 0 Å². The molecule has 1 saturated heterocycles. The lowest BCUT2D eigenvalue weighted by Crippen LogP contribution is -2.39. The molecule has 4 heteroatoms. The van der Waals surface area contributed by atoms with Gasteiger partial charge in [0.1, 0.15) is 5.75 Å². The number of aliphatic hydroxyl groups is 1. The van der Waals surface area contributed by atoms with Crippen LogP contribution in [0.2, 0.25) is 0 Å². The van der Waals surface area contributed by atoms with Gasteiger partial charge in [-0.3, -0.25) is 4.79 Å². The lowest BCUT2D eigenvalue weighted by Gasteiger charge is -2.25. The molecule has 1 fully saturated rings. The third-order valence-electron chi connectivity index (χ3n) is 4.18. The maximum Gasteiger partial charge on any atom is 0.223 e. The molecule has 110 valence electrons. The third-order valence-corrected chi connectivity index (χ3v) is 4.18. The SMILES string of the molecule is COc1ccc(CCC(=O)N2CCC(C)C2CO)cc1.